The smallest absolute Gasteiger partial charge is 0.242 e. The summed E-state index contributed by atoms with van der Waals surface area (Å²) in [6.45, 7) is 2.15. The molecule has 2 rings (SSSR count). The molecule has 2 aromatic carbocycles. The molecule has 2 aromatic rings. The number of nitrogens with one attached hydrogen (secondary N) is 1. The van der Waals surface area contributed by atoms with Gasteiger partial charge in [-0.3, -0.25) is 9.59 Å². The SMILES string of the molecule is CC[C@@H](C(=O)NC)N(Cc1ccccc1Cl)C(=O)Cc1cccc(Cl)c1. The Hall–Kier alpha value is -2.04. The van der Waals surface area contributed by atoms with Crippen LogP contribution in [0.25, 0.3) is 0 Å². The highest BCUT2D eigenvalue weighted by Crippen LogP contribution is 2.21. The van der Waals surface area contributed by atoms with Crippen LogP contribution in [0.5, 0.6) is 0 Å². The molecule has 2 amide bonds. The molecule has 0 aliphatic carbocycles. The summed E-state index contributed by atoms with van der Waals surface area (Å²) in [6, 6.07) is 13.9. The van der Waals surface area contributed by atoms with Crippen LogP contribution < -0.4 is 5.32 Å². The lowest BCUT2D eigenvalue weighted by molar-refractivity contribution is -0.140. The van der Waals surface area contributed by atoms with Crippen LogP contribution in [0.15, 0.2) is 48.5 Å². The van der Waals surface area contributed by atoms with Crippen LogP contribution in [0.1, 0.15) is 24.5 Å². The van der Waals surface area contributed by atoms with Gasteiger partial charge in [-0.25, -0.2) is 0 Å². The number of carbonyl (C=O) groups excluding carboxylic acids is 2. The first-order valence-corrected chi connectivity index (χ1v) is 9.20. The normalized spacial score (nSPS) is 11.7. The number of carbonyl (C=O) groups is 2. The van der Waals surface area contributed by atoms with Crippen molar-refractivity contribution in [1.82, 2.24) is 10.2 Å². The van der Waals surface area contributed by atoms with E-state index in [1.165, 1.54) is 0 Å². The van der Waals surface area contributed by atoms with Crippen molar-refractivity contribution in [3.05, 3.63) is 69.7 Å². The minimum Gasteiger partial charge on any atom is -0.357 e. The van der Waals surface area contributed by atoms with Gasteiger partial charge in [0, 0.05) is 23.6 Å². The lowest BCUT2D eigenvalue weighted by Crippen LogP contribution is -2.48. The van der Waals surface area contributed by atoms with E-state index in [2.05, 4.69) is 5.32 Å². The van der Waals surface area contributed by atoms with Crippen LogP contribution in [0.4, 0.5) is 0 Å². The van der Waals surface area contributed by atoms with E-state index >= 15 is 0 Å². The number of likely N-dealkylation sites (N-methyl/N-ethyl adjacent to an activating group) is 1. The Morgan fingerprint density at radius 2 is 1.85 bits per heavy atom. The number of benzene rings is 2. The molecule has 0 aromatic heterocycles. The predicted molar refractivity (Wildman–Crippen MR) is 105 cm³/mol. The van der Waals surface area contributed by atoms with Gasteiger partial charge in [-0.05, 0) is 35.7 Å². The van der Waals surface area contributed by atoms with E-state index in [1.807, 2.05) is 31.2 Å². The van der Waals surface area contributed by atoms with Crippen LogP contribution in [-0.4, -0.2) is 29.8 Å². The minimum atomic E-state index is -0.567. The van der Waals surface area contributed by atoms with Gasteiger partial charge in [-0.2, -0.15) is 0 Å². The first kappa shape index (κ1) is 20.3. The summed E-state index contributed by atoms with van der Waals surface area (Å²) in [6.07, 6.45) is 0.671. The highest BCUT2D eigenvalue weighted by atomic mass is 35.5. The van der Waals surface area contributed by atoms with Crippen LogP contribution in [0.2, 0.25) is 10.0 Å². The van der Waals surface area contributed by atoms with E-state index in [-0.39, 0.29) is 24.8 Å². The third-order valence-electron chi connectivity index (χ3n) is 4.18. The molecule has 6 heteroatoms. The molecule has 0 aliphatic rings. The Morgan fingerprint density at radius 3 is 2.46 bits per heavy atom. The second-order valence-electron chi connectivity index (χ2n) is 5.96. The van der Waals surface area contributed by atoms with Gasteiger partial charge in [0.1, 0.15) is 6.04 Å². The van der Waals surface area contributed by atoms with Crippen molar-refractivity contribution in [3.63, 3.8) is 0 Å². The van der Waals surface area contributed by atoms with Crippen molar-refractivity contribution in [2.45, 2.75) is 32.4 Å². The molecule has 0 saturated heterocycles. The van der Waals surface area contributed by atoms with Gasteiger partial charge in [-0.1, -0.05) is 60.5 Å². The molecule has 26 heavy (non-hydrogen) atoms. The average Bonchev–Trinajstić information content (AvgIpc) is 2.62. The van der Waals surface area contributed by atoms with Gasteiger partial charge in [0.2, 0.25) is 11.8 Å². The van der Waals surface area contributed by atoms with Crippen LogP contribution in [-0.2, 0) is 22.6 Å². The molecule has 0 fully saturated rings. The Labute approximate surface area is 164 Å². The van der Waals surface area contributed by atoms with Crippen LogP contribution in [0, 0.1) is 0 Å². The molecular weight excluding hydrogens is 371 g/mol. The maximum Gasteiger partial charge on any atom is 0.242 e. The fourth-order valence-electron chi connectivity index (χ4n) is 2.82. The van der Waals surface area contributed by atoms with Gasteiger partial charge < -0.3 is 10.2 Å². The largest absolute Gasteiger partial charge is 0.357 e. The molecule has 0 radical (unpaired) electrons. The number of hydrogen-bond donors (Lipinski definition) is 1. The van der Waals surface area contributed by atoms with Gasteiger partial charge in [0.15, 0.2) is 0 Å². The highest BCUT2D eigenvalue weighted by molar-refractivity contribution is 6.31. The lowest BCUT2D eigenvalue weighted by atomic mass is 10.1. The summed E-state index contributed by atoms with van der Waals surface area (Å²) >= 11 is 12.3. The summed E-state index contributed by atoms with van der Waals surface area (Å²) in [5, 5.41) is 3.78. The zero-order valence-electron chi connectivity index (χ0n) is 14.8. The molecule has 0 bridgehead atoms. The van der Waals surface area contributed by atoms with Crippen LogP contribution in [0.3, 0.4) is 0 Å². The quantitative estimate of drug-likeness (QED) is 0.771. The number of rotatable bonds is 7. The first-order valence-electron chi connectivity index (χ1n) is 8.45. The monoisotopic (exact) mass is 392 g/mol. The molecular formula is C20H22Cl2N2O2. The Balaban J connectivity index is 2.30. The second-order valence-corrected chi connectivity index (χ2v) is 6.80. The Morgan fingerprint density at radius 1 is 1.12 bits per heavy atom. The van der Waals surface area contributed by atoms with Gasteiger partial charge in [0.05, 0.1) is 6.42 Å². The third kappa shape index (κ3) is 5.23. The molecule has 0 aliphatic heterocycles. The molecule has 0 unspecified atom stereocenters. The van der Waals surface area contributed by atoms with Crippen molar-refractivity contribution in [2.24, 2.45) is 0 Å². The first-order chi connectivity index (χ1) is 12.5. The van der Waals surface area contributed by atoms with E-state index in [4.69, 9.17) is 23.2 Å². The van der Waals surface area contributed by atoms with Gasteiger partial charge >= 0.3 is 0 Å². The molecule has 4 nitrogen and oxygen atoms in total. The Kier molecular flexibility index (Phi) is 7.49. The minimum absolute atomic E-state index is 0.150. The topological polar surface area (TPSA) is 49.4 Å². The van der Waals surface area contributed by atoms with Crippen LogP contribution >= 0.6 is 23.2 Å². The van der Waals surface area contributed by atoms with Crippen molar-refractivity contribution >= 4 is 35.0 Å². The van der Waals surface area contributed by atoms with E-state index < -0.39 is 6.04 Å². The van der Waals surface area contributed by atoms with E-state index in [0.29, 0.717) is 16.5 Å². The van der Waals surface area contributed by atoms with Crippen molar-refractivity contribution in [3.8, 4) is 0 Å². The van der Waals surface area contributed by atoms with E-state index in [1.54, 1.807) is 36.2 Å². The zero-order valence-corrected chi connectivity index (χ0v) is 16.3. The maximum absolute atomic E-state index is 13.0. The van der Waals surface area contributed by atoms with Gasteiger partial charge in [0.25, 0.3) is 0 Å². The standard InChI is InChI=1S/C20H22Cl2N2O2/c1-3-18(20(26)23-2)24(13-15-8-4-5-10-17(15)22)19(25)12-14-7-6-9-16(21)11-14/h4-11,18H,3,12-13H2,1-2H3,(H,23,26)/t18-/m0/s1. The van der Waals surface area contributed by atoms with Crippen molar-refractivity contribution in [1.29, 1.82) is 0 Å². The number of halogens is 2. The molecule has 1 N–H and O–H groups in total. The highest BCUT2D eigenvalue weighted by Gasteiger charge is 2.28. The number of amides is 2. The van der Waals surface area contributed by atoms with Crippen molar-refractivity contribution in [2.75, 3.05) is 7.05 Å². The van der Waals surface area contributed by atoms with E-state index in [9.17, 15) is 9.59 Å². The third-order valence-corrected chi connectivity index (χ3v) is 4.78. The summed E-state index contributed by atoms with van der Waals surface area (Å²) in [7, 11) is 1.57. The summed E-state index contributed by atoms with van der Waals surface area (Å²) in [5.74, 6) is -0.346. The molecule has 0 spiro atoms. The fourth-order valence-corrected chi connectivity index (χ4v) is 3.23. The molecule has 138 valence electrons. The average molecular weight is 393 g/mol. The molecule has 1 atom stereocenters. The van der Waals surface area contributed by atoms with E-state index in [0.717, 1.165) is 11.1 Å². The summed E-state index contributed by atoms with van der Waals surface area (Å²) in [4.78, 5) is 26.9. The summed E-state index contributed by atoms with van der Waals surface area (Å²) < 4.78 is 0. The fraction of sp³-hybridized carbons (Fsp3) is 0.300. The second kappa shape index (κ2) is 9.60. The number of nitrogens with zero attached hydrogens (tertiary/aromatic N) is 1. The predicted octanol–water partition coefficient (Wildman–Crippen LogP) is 4.09. The molecule has 0 heterocycles. The Bertz CT molecular complexity index is 780. The molecule has 0 saturated carbocycles. The lowest BCUT2D eigenvalue weighted by Gasteiger charge is -2.30. The van der Waals surface area contributed by atoms with Crippen molar-refractivity contribution < 1.29 is 9.59 Å². The van der Waals surface area contributed by atoms with Gasteiger partial charge in [-0.15, -0.1) is 0 Å². The zero-order chi connectivity index (χ0) is 19.1. The maximum atomic E-state index is 13.0. The number of hydrogen-bond acceptors (Lipinski definition) is 2. The summed E-state index contributed by atoms with van der Waals surface area (Å²) in [5.41, 5.74) is 1.61.